The lowest BCUT2D eigenvalue weighted by atomic mass is 10.1. The number of imide groups is 1. The van der Waals surface area contributed by atoms with Crippen LogP contribution in [0.4, 0.5) is 4.79 Å². The first-order valence-corrected chi connectivity index (χ1v) is 10.8. The van der Waals surface area contributed by atoms with E-state index in [0.717, 1.165) is 32.5 Å². The molecule has 0 saturated carbocycles. The molecule has 3 rings (SSSR count). The second-order valence-electron chi connectivity index (χ2n) is 6.75. The van der Waals surface area contributed by atoms with Crippen LogP contribution in [-0.4, -0.2) is 68.9 Å². The lowest BCUT2D eigenvalue weighted by Gasteiger charge is -2.32. The van der Waals surface area contributed by atoms with Crippen molar-refractivity contribution >= 4 is 33.6 Å². The first kappa shape index (κ1) is 20.1. The molecule has 148 valence electrons. The molecule has 10 heteroatoms. The Morgan fingerprint density at radius 3 is 2.37 bits per heavy atom. The highest BCUT2D eigenvalue weighted by Gasteiger charge is 2.28. The molecule has 3 amide bonds. The number of carbonyl (C=O) groups is 2. The molecule has 2 aliphatic heterocycles. The van der Waals surface area contributed by atoms with E-state index in [2.05, 4.69) is 14.9 Å². The van der Waals surface area contributed by atoms with E-state index in [9.17, 15) is 18.0 Å². The third-order valence-corrected chi connectivity index (χ3v) is 6.61. The molecule has 2 heterocycles. The highest BCUT2D eigenvalue weighted by atomic mass is 35.5. The summed E-state index contributed by atoms with van der Waals surface area (Å²) in [4.78, 5) is 26.7. The molecule has 2 N–H and O–H groups in total. The molecule has 0 unspecified atom stereocenters. The second-order valence-corrected chi connectivity index (χ2v) is 8.90. The zero-order valence-electron chi connectivity index (χ0n) is 14.9. The van der Waals surface area contributed by atoms with Crippen molar-refractivity contribution in [2.45, 2.75) is 30.2 Å². The van der Waals surface area contributed by atoms with E-state index in [0.29, 0.717) is 18.0 Å². The number of amides is 3. The highest BCUT2D eigenvalue weighted by molar-refractivity contribution is 7.89. The van der Waals surface area contributed by atoms with Crippen molar-refractivity contribution in [1.29, 1.82) is 0 Å². The maximum absolute atomic E-state index is 12.4. The van der Waals surface area contributed by atoms with Gasteiger partial charge in [-0.05, 0) is 63.2 Å². The summed E-state index contributed by atoms with van der Waals surface area (Å²) in [5, 5.41) is 3.00. The first-order chi connectivity index (χ1) is 12.8. The van der Waals surface area contributed by atoms with Crippen LogP contribution >= 0.6 is 11.6 Å². The minimum absolute atomic E-state index is 0.0813. The number of rotatable bonds is 7. The molecule has 1 aromatic rings. The smallest absolute Gasteiger partial charge is 0.324 e. The first-order valence-electron chi connectivity index (χ1n) is 8.93. The maximum atomic E-state index is 12.4. The van der Waals surface area contributed by atoms with Gasteiger partial charge in [0.2, 0.25) is 15.9 Å². The number of sulfonamides is 1. The van der Waals surface area contributed by atoms with Gasteiger partial charge < -0.3 is 10.2 Å². The van der Waals surface area contributed by atoms with Crippen LogP contribution in [0.2, 0.25) is 5.02 Å². The number of piperidine rings is 1. The number of likely N-dealkylation sites (tertiary alicyclic amines) is 1. The molecular formula is C17H23ClN4O4S. The van der Waals surface area contributed by atoms with Crippen molar-refractivity contribution in [2.75, 3.05) is 32.7 Å². The predicted molar refractivity (Wildman–Crippen MR) is 101 cm³/mol. The highest BCUT2D eigenvalue weighted by Crippen LogP contribution is 2.17. The number of benzene rings is 1. The molecular weight excluding hydrogens is 392 g/mol. The summed E-state index contributed by atoms with van der Waals surface area (Å²) in [6.07, 6.45) is 2.15. The summed E-state index contributed by atoms with van der Waals surface area (Å²) in [5.41, 5.74) is 0. The van der Waals surface area contributed by atoms with E-state index >= 15 is 0 Å². The summed E-state index contributed by atoms with van der Waals surface area (Å²) in [6, 6.07) is 5.68. The third-order valence-electron chi connectivity index (χ3n) is 4.83. The van der Waals surface area contributed by atoms with Crippen LogP contribution in [0.3, 0.4) is 0 Å². The van der Waals surface area contributed by atoms with Crippen LogP contribution in [-0.2, 0) is 14.8 Å². The van der Waals surface area contributed by atoms with E-state index in [-0.39, 0.29) is 29.4 Å². The van der Waals surface area contributed by atoms with Gasteiger partial charge in [0.25, 0.3) is 0 Å². The quantitative estimate of drug-likeness (QED) is 0.649. The lowest BCUT2D eigenvalue weighted by Crippen LogP contribution is -2.45. The van der Waals surface area contributed by atoms with Crippen LogP contribution in [0, 0.1) is 0 Å². The van der Waals surface area contributed by atoms with Gasteiger partial charge in [0.05, 0.1) is 11.4 Å². The fourth-order valence-corrected chi connectivity index (χ4v) is 4.74. The Morgan fingerprint density at radius 2 is 1.78 bits per heavy atom. The third kappa shape index (κ3) is 5.19. The number of nitrogens with one attached hydrogen (secondary N) is 2. The van der Waals surface area contributed by atoms with Gasteiger partial charge in [-0.2, -0.15) is 0 Å². The minimum atomic E-state index is -3.55. The SMILES string of the molecule is O=C1CNC(=O)N1CCCN1CCC(NS(=O)(=O)c2ccc(Cl)cc2)CC1. The number of hydrogen-bond acceptors (Lipinski definition) is 5. The van der Waals surface area contributed by atoms with Crippen LogP contribution in [0.5, 0.6) is 0 Å². The fraction of sp³-hybridized carbons (Fsp3) is 0.529. The van der Waals surface area contributed by atoms with Crippen LogP contribution in [0.1, 0.15) is 19.3 Å². The number of hydrogen-bond donors (Lipinski definition) is 2. The van der Waals surface area contributed by atoms with Crippen LogP contribution in [0.15, 0.2) is 29.2 Å². The summed E-state index contributed by atoms with van der Waals surface area (Å²) < 4.78 is 27.6. The Hall–Kier alpha value is -1.68. The fourth-order valence-electron chi connectivity index (χ4n) is 3.31. The number of urea groups is 1. The van der Waals surface area contributed by atoms with Gasteiger partial charge in [0, 0.05) is 17.6 Å². The Morgan fingerprint density at radius 1 is 1.11 bits per heavy atom. The van der Waals surface area contributed by atoms with Gasteiger partial charge >= 0.3 is 6.03 Å². The van der Waals surface area contributed by atoms with Gasteiger partial charge in [-0.1, -0.05) is 11.6 Å². The standard InChI is InChI=1S/C17H23ClN4O4S/c18-13-2-4-15(5-3-13)27(25,26)20-14-6-10-21(11-7-14)8-1-9-22-16(23)12-19-17(22)24/h2-5,14,20H,1,6-12H2,(H,19,24). The lowest BCUT2D eigenvalue weighted by molar-refractivity contribution is -0.125. The Labute approximate surface area is 163 Å². The molecule has 0 radical (unpaired) electrons. The van der Waals surface area contributed by atoms with Crippen LogP contribution in [0.25, 0.3) is 0 Å². The summed E-state index contributed by atoms with van der Waals surface area (Å²) in [7, 11) is -3.55. The number of carbonyl (C=O) groups excluding carboxylic acids is 2. The van der Waals surface area contributed by atoms with Crippen molar-refractivity contribution in [2.24, 2.45) is 0 Å². The summed E-state index contributed by atoms with van der Waals surface area (Å²) >= 11 is 5.80. The van der Waals surface area contributed by atoms with Gasteiger partial charge in [-0.3, -0.25) is 9.69 Å². The minimum Gasteiger partial charge on any atom is -0.329 e. The van der Waals surface area contributed by atoms with Gasteiger partial charge in [-0.15, -0.1) is 0 Å². The van der Waals surface area contributed by atoms with E-state index in [1.807, 2.05) is 0 Å². The molecule has 0 bridgehead atoms. The molecule has 1 aromatic carbocycles. The maximum Gasteiger partial charge on any atom is 0.324 e. The molecule has 2 saturated heterocycles. The summed E-state index contributed by atoms with van der Waals surface area (Å²) in [5.74, 6) is -0.185. The largest absolute Gasteiger partial charge is 0.329 e. The van der Waals surface area contributed by atoms with Gasteiger partial charge in [0.15, 0.2) is 0 Å². The van der Waals surface area contributed by atoms with Crippen LogP contribution < -0.4 is 10.0 Å². The van der Waals surface area contributed by atoms with E-state index in [4.69, 9.17) is 11.6 Å². The topological polar surface area (TPSA) is 98.8 Å². The molecule has 2 fully saturated rings. The van der Waals surface area contributed by atoms with Crippen molar-refractivity contribution < 1.29 is 18.0 Å². The molecule has 8 nitrogen and oxygen atoms in total. The Balaban J connectivity index is 1.41. The second kappa shape index (κ2) is 8.55. The van der Waals surface area contributed by atoms with E-state index in [1.54, 1.807) is 12.1 Å². The average Bonchev–Trinajstić information content (AvgIpc) is 2.95. The van der Waals surface area contributed by atoms with Crippen molar-refractivity contribution in [1.82, 2.24) is 19.8 Å². The Bertz CT molecular complexity index is 776. The van der Waals surface area contributed by atoms with E-state index in [1.165, 1.54) is 17.0 Å². The van der Waals surface area contributed by atoms with Crippen molar-refractivity contribution in [3.8, 4) is 0 Å². The average molecular weight is 415 g/mol. The molecule has 27 heavy (non-hydrogen) atoms. The normalized spacial score (nSPS) is 19.5. The zero-order valence-corrected chi connectivity index (χ0v) is 16.4. The van der Waals surface area contributed by atoms with Crippen molar-refractivity contribution in [3.63, 3.8) is 0 Å². The molecule has 0 aliphatic carbocycles. The zero-order chi connectivity index (χ0) is 19.4. The number of nitrogens with zero attached hydrogens (tertiary/aromatic N) is 2. The predicted octanol–water partition coefficient (Wildman–Crippen LogP) is 1.02. The van der Waals surface area contributed by atoms with Crippen molar-refractivity contribution in [3.05, 3.63) is 29.3 Å². The van der Waals surface area contributed by atoms with Gasteiger partial charge in [0.1, 0.15) is 0 Å². The summed E-state index contributed by atoms with van der Waals surface area (Å²) in [6.45, 7) is 2.81. The van der Waals surface area contributed by atoms with E-state index < -0.39 is 10.0 Å². The molecule has 0 atom stereocenters. The number of halogens is 1. The van der Waals surface area contributed by atoms with Gasteiger partial charge in [-0.25, -0.2) is 17.9 Å². The Kier molecular flexibility index (Phi) is 6.36. The monoisotopic (exact) mass is 414 g/mol. The molecule has 0 aromatic heterocycles. The molecule has 2 aliphatic rings. The molecule has 0 spiro atoms.